The largest absolute Gasteiger partial charge is 0.377 e. The third-order valence-electron chi connectivity index (χ3n) is 3.88. The first-order valence-electron chi connectivity index (χ1n) is 6.32. The van der Waals surface area contributed by atoms with Gasteiger partial charge in [0, 0.05) is 19.7 Å². The Hall–Kier alpha value is -0.120. The molecule has 1 atom stereocenters. The number of likely N-dealkylation sites (N-methyl/N-ethyl adjacent to an activating group) is 1. The average Bonchev–Trinajstić information content (AvgIpc) is 2.84. The Kier molecular flexibility index (Phi) is 3.65. The molecule has 1 unspecified atom stereocenters. The zero-order chi connectivity index (χ0) is 10.7. The van der Waals surface area contributed by atoms with E-state index in [0.717, 1.165) is 26.2 Å². The predicted octanol–water partition coefficient (Wildman–Crippen LogP) is 1.23. The maximum atomic E-state index is 5.82. The van der Waals surface area contributed by atoms with Gasteiger partial charge in [-0.25, -0.2) is 0 Å². The lowest BCUT2D eigenvalue weighted by Crippen LogP contribution is -2.38. The highest BCUT2D eigenvalue weighted by molar-refractivity contribution is 4.96. The predicted molar refractivity (Wildman–Crippen MR) is 61.8 cm³/mol. The van der Waals surface area contributed by atoms with Crippen molar-refractivity contribution in [2.24, 2.45) is 11.1 Å². The van der Waals surface area contributed by atoms with Gasteiger partial charge in [0.2, 0.25) is 0 Å². The zero-order valence-electron chi connectivity index (χ0n) is 9.87. The molecule has 1 saturated carbocycles. The quantitative estimate of drug-likeness (QED) is 0.719. The van der Waals surface area contributed by atoms with Crippen LogP contribution >= 0.6 is 0 Å². The van der Waals surface area contributed by atoms with E-state index in [9.17, 15) is 0 Å². The van der Waals surface area contributed by atoms with Gasteiger partial charge in [-0.05, 0) is 44.2 Å². The number of nitrogens with two attached hydrogens (primary N) is 1. The van der Waals surface area contributed by atoms with Crippen molar-refractivity contribution >= 4 is 0 Å². The standard InChI is InChI=1S/C12H24N2O/c1-2-14(8-11-4-3-7-15-11)10-12(9-13)5-6-12/h11H,2-10,13H2,1H3. The third kappa shape index (κ3) is 2.92. The molecule has 2 N–H and O–H groups in total. The molecule has 0 radical (unpaired) electrons. The van der Waals surface area contributed by atoms with Gasteiger partial charge in [0.25, 0.3) is 0 Å². The molecule has 2 aliphatic rings. The molecule has 1 heterocycles. The Morgan fingerprint density at radius 3 is 2.73 bits per heavy atom. The molecular formula is C12H24N2O. The van der Waals surface area contributed by atoms with Crippen molar-refractivity contribution in [1.29, 1.82) is 0 Å². The fraction of sp³-hybridized carbons (Fsp3) is 1.00. The fourth-order valence-corrected chi connectivity index (χ4v) is 2.46. The lowest BCUT2D eigenvalue weighted by molar-refractivity contribution is 0.0681. The van der Waals surface area contributed by atoms with Crippen LogP contribution in [0.1, 0.15) is 32.6 Å². The molecule has 0 amide bonds. The summed E-state index contributed by atoms with van der Waals surface area (Å²) in [4.78, 5) is 2.52. The maximum Gasteiger partial charge on any atom is 0.0702 e. The third-order valence-corrected chi connectivity index (χ3v) is 3.88. The van der Waals surface area contributed by atoms with Crippen molar-refractivity contribution in [3.8, 4) is 0 Å². The number of hydrogen-bond acceptors (Lipinski definition) is 3. The highest BCUT2D eigenvalue weighted by Crippen LogP contribution is 2.45. The van der Waals surface area contributed by atoms with E-state index in [4.69, 9.17) is 10.5 Å². The highest BCUT2D eigenvalue weighted by atomic mass is 16.5. The molecule has 0 bridgehead atoms. The SMILES string of the molecule is CCN(CC1CCCO1)CC1(CN)CC1. The molecule has 3 nitrogen and oxygen atoms in total. The first-order chi connectivity index (χ1) is 7.28. The summed E-state index contributed by atoms with van der Waals surface area (Å²) in [5.74, 6) is 0. The van der Waals surface area contributed by atoms with Gasteiger partial charge in [-0.3, -0.25) is 0 Å². The molecule has 0 aromatic rings. The molecule has 0 aromatic heterocycles. The number of nitrogens with zero attached hydrogens (tertiary/aromatic N) is 1. The van der Waals surface area contributed by atoms with Crippen LogP contribution in [0, 0.1) is 5.41 Å². The summed E-state index contributed by atoms with van der Waals surface area (Å²) in [5, 5.41) is 0. The summed E-state index contributed by atoms with van der Waals surface area (Å²) in [5.41, 5.74) is 6.29. The van der Waals surface area contributed by atoms with E-state index in [1.165, 1.54) is 32.2 Å². The summed E-state index contributed by atoms with van der Waals surface area (Å²) >= 11 is 0. The van der Waals surface area contributed by atoms with Gasteiger partial charge in [-0.1, -0.05) is 6.92 Å². The summed E-state index contributed by atoms with van der Waals surface area (Å²) in [7, 11) is 0. The molecule has 0 aromatic carbocycles. The Labute approximate surface area is 93.0 Å². The molecule has 2 rings (SSSR count). The number of ether oxygens (including phenoxy) is 1. The molecule has 3 heteroatoms. The van der Waals surface area contributed by atoms with Gasteiger partial charge in [0.15, 0.2) is 0 Å². The van der Waals surface area contributed by atoms with E-state index in [0.29, 0.717) is 11.5 Å². The number of hydrogen-bond donors (Lipinski definition) is 1. The second-order valence-electron chi connectivity index (χ2n) is 5.17. The Morgan fingerprint density at radius 2 is 2.27 bits per heavy atom. The summed E-state index contributed by atoms with van der Waals surface area (Å²) in [6, 6.07) is 0. The minimum atomic E-state index is 0.467. The maximum absolute atomic E-state index is 5.82. The first kappa shape index (κ1) is 11.4. The lowest BCUT2D eigenvalue weighted by atomic mass is 10.1. The lowest BCUT2D eigenvalue weighted by Gasteiger charge is -2.27. The molecule has 1 saturated heterocycles. The second-order valence-corrected chi connectivity index (χ2v) is 5.17. The Bertz CT molecular complexity index is 198. The topological polar surface area (TPSA) is 38.5 Å². The van der Waals surface area contributed by atoms with Crippen LogP contribution in [0.5, 0.6) is 0 Å². The molecule has 0 spiro atoms. The Morgan fingerprint density at radius 1 is 1.47 bits per heavy atom. The van der Waals surface area contributed by atoms with E-state index < -0.39 is 0 Å². The van der Waals surface area contributed by atoms with Gasteiger partial charge in [0.1, 0.15) is 0 Å². The molecule has 1 aliphatic carbocycles. The van der Waals surface area contributed by atoms with Gasteiger partial charge in [-0.2, -0.15) is 0 Å². The van der Waals surface area contributed by atoms with Gasteiger partial charge in [-0.15, -0.1) is 0 Å². The van der Waals surface area contributed by atoms with E-state index in [2.05, 4.69) is 11.8 Å². The van der Waals surface area contributed by atoms with E-state index in [1.807, 2.05) is 0 Å². The second kappa shape index (κ2) is 4.81. The van der Waals surface area contributed by atoms with Crippen molar-refractivity contribution in [1.82, 2.24) is 4.90 Å². The van der Waals surface area contributed by atoms with Gasteiger partial charge >= 0.3 is 0 Å². The van der Waals surface area contributed by atoms with Crippen LogP contribution < -0.4 is 5.73 Å². The first-order valence-corrected chi connectivity index (χ1v) is 6.32. The number of rotatable bonds is 6. The smallest absolute Gasteiger partial charge is 0.0702 e. The van der Waals surface area contributed by atoms with Crippen molar-refractivity contribution in [2.45, 2.75) is 38.7 Å². The normalized spacial score (nSPS) is 28.6. The average molecular weight is 212 g/mol. The van der Waals surface area contributed by atoms with Crippen LogP contribution in [0.25, 0.3) is 0 Å². The van der Waals surface area contributed by atoms with E-state index in [1.54, 1.807) is 0 Å². The molecule has 1 aliphatic heterocycles. The molecule has 15 heavy (non-hydrogen) atoms. The van der Waals surface area contributed by atoms with Crippen molar-refractivity contribution in [3.63, 3.8) is 0 Å². The summed E-state index contributed by atoms with van der Waals surface area (Å²) < 4.78 is 5.68. The van der Waals surface area contributed by atoms with E-state index in [-0.39, 0.29) is 0 Å². The van der Waals surface area contributed by atoms with Crippen molar-refractivity contribution < 1.29 is 4.74 Å². The van der Waals surface area contributed by atoms with Crippen LogP contribution in [0.4, 0.5) is 0 Å². The minimum absolute atomic E-state index is 0.467. The monoisotopic (exact) mass is 212 g/mol. The van der Waals surface area contributed by atoms with Crippen molar-refractivity contribution in [2.75, 3.05) is 32.8 Å². The highest BCUT2D eigenvalue weighted by Gasteiger charge is 2.42. The van der Waals surface area contributed by atoms with Crippen LogP contribution in [-0.4, -0.2) is 43.8 Å². The van der Waals surface area contributed by atoms with Gasteiger partial charge < -0.3 is 15.4 Å². The van der Waals surface area contributed by atoms with Crippen molar-refractivity contribution in [3.05, 3.63) is 0 Å². The van der Waals surface area contributed by atoms with E-state index >= 15 is 0 Å². The summed E-state index contributed by atoms with van der Waals surface area (Å²) in [6.07, 6.45) is 5.62. The van der Waals surface area contributed by atoms with Crippen LogP contribution in [0.2, 0.25) is 0 Å². The molecular weight excluding hydrogens is 188 g/mol. The fourth-order valence-electron chi connectivity index (χ4n) is 2.46. The molecule has 2 fully saturated rings. The minimum Gasteiger partial charge on any atom is -0.377 e. The van der Waals surface area contributed by atoms with Crippen LogP contribution in [-0.2, 0) is 4.74 Å². The van der Waals surface area contributed by atoms with Crippen LogP contribution in [0.3, 0.4) is 0 Å². The van der Waals surface area contributed by atoms with Crippen LogP contribution in [0.15, 0.2) is 0 Å². The Balaban J connectivity index is 1.76. The zero-order valence-corrected chi connectivity index (χ0v) is 9.87. The summed E-state index contributed by atoms with van der Waals surface area (Å²) in [6.45, 7) is 7.47. The van der Waals surface area contributed by atoms with Gasteiger partial charge in [0.05, 0.1) is 6.10 Å². The molecule has 88 valence electrons.